The van der Waals surface area contributed by atoms with Crippen molar-refractivity contribution in [1.29, 1.82) is 0 Å². The van der Waals surface area contributed by atoms with E-state index in [1.54, 1.807) is 0 Å². The van der Waals surface area contributed by atoms with E-state index in [9.17, 15) is 0 Å². The Hall–Kier alpha value is -1.59. The number of hydrogen-bond donors (Lipinski definition) is 2. The molecule has 1 atom stereocenters. The van der Waals surface area contributed by atoms with Crippen molar-refractivity contribution < 1.29 is 4.74 Å². The van der Waals surface area contributed by atoms with E-state index in [1.807, 2.05) is 6.92 Å². The minimum absolute atomic E-state index is 0.340. The van der Waals surface area contributed by atoms with Gasteiger partial charge in [0.05, 0.1) is 6.61 Å². The van der Waals surface area contributed by atoms with Gasteiger partial charge in [-0.3, -0.25) is 0 Å². The second-order valence-corrected chi connectivity index (χ2v) is 5.17. The van der Waals surface area contributed by atoms with Gasteiger partial charge in [0.15, 0.2) is 0 Å². The first-order chi connectivity index (χ1) is 10.2. The number of rotatable bonds is 11. The molecule has 1 unspecified atom stereocenters. The van der Waals surface area contributed by atoms with Gasteiger partial charge in [0.2, 0.25) is 11.9 Å². The van der Waals surface area contributed by atoms with Crippen LogP contribution in [-0.2, 0) is 0 Å². The van der Waals surface area contributed by atoms with Crippen molar-refractivity contribution in [1.82, 2.24) is 15.0 Å². The Balaban J connectivity index is 2.67. The van der Waals surface area contributed by atoms with E-state index in [0.717, 1.165) is 19.4 Å². The van der Waals surface area contributed by atoms with Gasteiger partial charge in [-0.1, -0.05) is 33.1 Å². The third-order valence-electron chi connectivity index (χ3n) is 3.04. The summed E-state index contributed by atoms with van der Waals surface area (Å²) in [6.45, 7) is 9.77. The smallest absolute Gasteiger partial charge is 0.323 e. The summed E-state index contributed by atoms with van der Waals surface area (Å²) in [6.07, 6.45) is 5.84. The number of nitrogens with zero attached hydrogens (tertiary/aromatic N) is 3. The molecular weight excluding hydrogens is 266 g/mol. The predicted molar refractivity (Wildman–Crippen MR) is 87.0 cm³/mol. The van der Waals surface area contributed by atoms with Crippen LogP contribution in [0, 0.1) is 0 Å². The highest BCUT2D eigenvalue weighted by Crippen LogP contribution is 2.14. The number of hydrogen-bond acceptors (Lipinski definition) is 6. The quantitative estimate of drug-likeness (QED) is 0.609. The van der Waals surface area contributed by atoms with Gasteiger partial charge in [0.1, 0.15) is 0 Å². The number of unbranched alkanes of at least 4 members (excludes halogenated alkanes) is 2. The summed E-state index contributed by atoms with van der Waals surface area (Å²) < 4.78 is 5.41. The maximum Gasteiger partial charge on any atom is 0.323 e. The first-order valence-electron chi connectivity index (χ1n) is 8.08. The van der Waals surface area contributed by atoms with Crippen molar-refractivity contribution in [2.24, 2.45) is 0 Å². The van der Waals surface area contributed by atoms with Gasteiger partial charge in [0, 0.05) is 12.6 Å². The van der Waals surface area contributed by atoms with Gasteiger partial charge in [-0.2, -0.15) is 15.0 Å². The number of aromatic nitrogens is 3. The minimum atomic E-state index is 0.340. The molecule has 6 nitrogen and oxygen atoms in total. The van der Waals surface area contributed by atoms with Crippen molar-refractivity contribution in [2.45, 2.75) is 65.8 Å². The monoisotopic (exact) mass is 295 g/mol. The summed E-state index contributed by atoms with van der Waals surface area (Å²) in [6, 6.07) is 0.710. The SMILES string of the molecule is CCCCCC(C)Nc1nc(NCCC)nc(OCC)n1. The molecule has 1 heterocycles. The van der Waals surface area contributed by atoms with Gasteiger partial charge >= 0.3 is 6.01 Å². The summed E-state index contributed by atoms with van der Waals surface area (Å²) in [5, 5.41) is 6.51. The molecule has 1 rings (SSSR count). The fraction of sp³-hybridized carbons (Fsp3) is 0.800. The first kappa shape index (κ1) is 17.5. The van der Waals surface area contributed by atoms with Crippen molar-refractivity contribution >= 4 is 11.9 Å². The van der Waals surface area contributed by atoms with E-state index in [0.29, 0.717) is 30.6 Å². The van der Waals surface area contributed by atoms with E-state index < -0.39 is 0 Å². The topological polar surface area (TPSA) is 72.0 Å². The van der Waals surface area contributed by atoms with E-state index in [1.165, 1.54) is 19.3 Å². The Morgan fingerprint density at radius 2 is 1.76 bits per heavy atom. The van der Waals surface area contributed by atoms with E-state index >= 15 is 0 Å². The second-order valence-electron chi connectivity index (χ2n) is 5.17. The third-order valence-corrected chi connectivity index (χ3v) is 3.04. The lowest BCUT2D eigenvalue weighted by atomic mass is 10.1. The maximum atomic E-state index is 5.41. The van der Waals surface area contributed by atoms with Crippen LogP contribution >= 0.6 is 0 Å². The van der Waals surface area contributed by atoms with Crippen LogP contribution < -0.4 is 15.4 Å². The van der Waals surface area contributed by atoms with E-state index in [-0.39, 0.29) is 0 Å². The van der Waals surface area contributed by atoms with Gasteiger partial charge < -0.3 is 15.4 Å². The predicted octanol–water partition coefficient (Wildman–Crippen LogP) is 3.47. The van der Waals surface area contributed by atoms with E-state index in [2.05, 4.69) is 46.4 Å². The molecule has 0 aromatic carbocycles. The molecule has 0 fully saturated rings. The highest BCUT2D eigenvalue weighted by atomic mass is 16.5. The van der Waals surface area contributed by atoms with Gasteiger partial charge in [-0.25, -0.2) is 0 Å². The van der Waals surface area contributed by atoms with Gasteiger partial charge in [-0.15, -0.1) is 0 Å². The highest BCUT2D eigenvalue weighted by Gasteiger charge is 2.09. The summed E-state index contributed by atoms with van der Waals surface area (Å²) in [5.41, 5.74) is 0. The average Bonchev–Trinajstić information content (AvgIpc) is 2.45. The maximum absolute atomic E-state index is 5.41. The zero-order valence-corrected chi connectivity index (χ0v) is 13.8. The van der Waals surface area contributed by atoms with Crippen LogP contribution in [0.15, 0.2) is 0 Å². The molecule has 0 bridgehead atoms. The standard InChI is InChI=1S/C15H29N5O/c1-5-8-9-10-12(4)17-14-18-13(16-11-6-2)19-15(20-14)21-7-3/h12H,5-11H2,1-4H3,(H2,16,17,18,19,20). The fourth-order valence-electron chi connectivity index (χ4n) is 1.92. The molecule has 0 saturated heterocycles. The van der Waals surface area contributed by atoms with Crippen molar-refractivity contribution in [2.75, 3.05) is 23.8 Å². The number of nitrogens with one attached hydrogen (secondary N) is 2. The number of anilines is 2. The Morgan fingerprint density at radius 3 is 2.43 bits per heavy atom. The second kappa shape index (κ2) is 10.2. The molecule has 1 aromatic heterocycles. The Morgan fingerprint density at radius 1 is 1.00 bits per heavy atom. The van der Waals surface area contributed by atoms with Crippen molar-refractivity contribution in [3.8, 4) is 6.01 Å². The summed E-state index contributed by atoms with van der Waals surface area (Å²) in [5.74, 6) is 1.15. The number of ether oxygens (including phenoxy) is 1. The Labute approximate surface area is 128 Å². The third kappa shape index (κ3) is 7.11. The Kier molecular flexibility index (Phi) is 8.47. The zero-order chi connectivity index (χ0) is 15.5. The molecular formula is C15H29N5O. The molecule has 2 N–H and O–H groups in total. The molecule has 0 saturated carbocycles. The summed E-state index contributed by atoms with van der Waals surface area (Å²) in [7, 11) is 0. The summed E-state index contributed by atoms with van der Waals surface area (Å²) >= 11 is 0. The molecule has 21 heavy (non-hydrogen) atoms. The highest BCUT2D eigenvalue weighted by molar-refractivity contribution is 5.36. The van der Waals surface area contributed by atoms with Crippen LogP contribution in [0.25, 0.3) is 0 Å². The zero-order valence-electron chi connectivity index (χ0n) is 13.8. The molecule has 0 amide bonds. The lowest BCUT2D eigenvalue weighted by Crippen LogP contribution is -2.18. The molecule has 120 valence electrons. The van der Waals surface area contributed by atoms with Crippen LogP contribution in [0.4, 0.5) is 11.9 Å². The normalized spacial score (nSPS) is 12.0. The van der Waals surface area contributed by atoms with E-state index in [4.69, 9.17) is 4.74 Å². The summed E-state index contributed by atoms with van der Waals surface area (Å²) in [4.78, 5) is 12.9. The van der Waals surface area contributed by atoms with Crippen molar-refractivity contribution in [3.05, 3.63) is 0 Å². The molecule has 0 aliphatic carbocycles. The lowest BCUT2D eigenvalue weighted by Gasteiger charge is -2.15. The average molecular weight is 295 g/mol. The van der Waals surface area contributed by atoms with Crippen LogP contribution in [0.2, 0.25) is 0 Å². The van der Waals surface area contributed by atoms with Crippen LogP contribution in [-0.4, -0.2) is 34.1 Å². The van der Waals surface area contributed by atoms with Crippen molar-refractivity contribution in [3.63, 3.8) is 0 Å². The van der Waals surface area contributed by atoms with Gasteiger partial charge in [0.25, 0.3) is 0 Å². The fourth-order valence-corrected chi connectivity index (χ4v) is 1.92. The lowest BCUT2D eigenvalue weighted by molar-refractivity contribution is 0.312. The molecule has 0 aliphatic heterocycles. The van der Waals surface area contributed by atoms with Crippen LogP contribution in [0.1, 0.15) is 59.8 Å². The Bertz CT molecular complexity index is 400. The van der Waals surface area contributed by atoms with Crippen LogP contribution in [0.5, 0.6) is 6.01 Å². The molecule has 0 radical (unpaired) electrons. The van der Waals surface area contributed by atoms with Gasteiger partial charge in [-0.05, 0) is 26.7 Å². The molecule has 1 aromatic rings. The first-order valence-corrected chi connectivity index (χ1v) is 8.08. The van der Waals surface area contributed by atoms with Crippen LogP contribution in [0.3, 0.4) is 0 Å². The molecule has 6 heteroatoms. The largest absolute Gasteiger partial charge is 0.464 e. The minimum Gasteiger partial charge on any atom is -0.464 e. The molecule has 0 spiro atoms. The molecule has 0 aliphatic rings.